The number of rotatable bonds is 48. The fourth-order valence-electron chi connectivity index (χ4n) is 8.21. The topological polar surface area (TPSA) is 175 Å². The van der Waals surface area contributed by atoms with E-state index in [1.165, 1.54) is 70.6 Å². The number of carbonyl (C=O) groups excluding carboxylic acids is 3. The Bertz CT molecular complexity index is 1670. The summed E-state index contributed by atoms with van der Waals surface area (Å²) in [5, 5.41) is 31.5. The van der Waals surface area contributed by atoms with Crippen molar-refractivity contribution in [3.05, 3.63) is 97.2 Å². The molecular formula is C63H102O12. The van der Waals surface area contributed by atoms with Crippen LogP contribution in [0.4, 0.5) is 0 Å². The van der Waals surface area contributed by atoms with E-state index < -0.39 is 67.3 Å². The number of aliphatic hydroxyl groups excluding tert-OH is 2. The molecule has 12 nitrogen and oxygen atoms in total. The van der Waals surface area contributed by atoms with Gasteiger partial charge in [0, 0.05) is 19.3 Å². The molecule has 75 heavy (non-hydrogen) atoms. The molecule has 1 fully saturated rings. The molecule has 1 saturated heterocycles. The second-order valence-electron chi connectivity index (χ2n) is 19.5. The van der Waals surface area contributed by atoms with Crippen LogP contribution in [0.5, 0.6) is 0 Å². The van der Waals surface area contributed by atoms with Crippen molar-refractivity contribution in [1.82, 2.24) is 0 Å². The van der Waals surface area contributed by atoms with Crippen molar-refractivity contribution in [1.29, 1.82) is 0 Å². The highest BCUT2D eigenvalue weighted by molar-refractivity contribution is 5.74. The number of hydrogen-bond acceptors (Lipinski definition) is 11. The standard InChI is InChI=1S/C63H102O12/c1-4-7-10-13-16-19-22-25-26-27-28-29-30-33-36-39-42-45-48-51-57(66)74-61-59(68)58(67)60(62(69)70)75-63(61)72-53-54(73-56(65)50-47-44-41-38-35-32-24-21-18-15-12-9-6-3)52-71-55(64)49-46-43-40-37-34-31-23-20-17-14-11-8-5-2/h8-9,11-12,17-18,20-21,25-26,31-32,34-35,40,43,54,58-61,63,67-68H,4-7,10,13-16,19,22-24,27-30,33,36-39,41-42,44-53H2,1-3H3,(H,69,70)/b11-8-,12-9-,20-17-,21-18-,26-25-,34-31-,35-32-,43-40-. The lowest BCUT2D eigenvalue weighted by Crippen LogP contribution is -2.61. The van der Waals surface area contributed by atoms with E-state index >= 15 is 0 Å². The van der Waals surface area contributed by atoms with Gasteiger partial charge in [-0.3, -0.25) is 14.4 Å². The van der Waals surface area contributed by atoms with Gasteiger partial charge in [0.15, 0.2) is 24.6 Å². The van der Waals surface area contributed by atoms with Gasteiger partial charge in [-0.05, 0) is 103 Å². The molecule has 6 unspecified atom stereocenters. The summed E-state index contributed by atoms with van der Waals surface area (Å²) in [5.74, 6) is -3.28. The normalized spacial score (nSPS) is 18.9. The first kappa shape index (κ1) is 68.7. The summed E-state index contributed by atoms with van der Waals surface area (Å²) in [7, 11) is 0. The molecule has 6 atom stereocenters. The first-order chi connectivity index (χ1) is 36.6. The van der Waals surface area contributed by atoms with Gasteiger partial charge in [0.05, 0.1) is 6.61 Å². The molecule has 0 bridgehead atoms. The Morgan fingerprint density at radius 2 is 0.867 bits per heavy atom. The zero-order chi connectivity index (χ0) is 54.7. The smallest absolute Gasteiger partial charge is 0.335 e. The summed E-state index contributed by atoms with van der Waals surface area (Å²) in [6, 6.07) is 0. The zero-order valence-corrected chi connectivity index (χ0v) is 46.8. The van der Waals surface area contributed by atoms with Crippen molar-refractivity contribution in [2.24, 2.45) is 0 Å². The number of aliphatic carboxylic acids is 1. The number of unbranched alkanes of at least 4 members (excludes halogenated alkanes) is 18. The first-order valence-corrected chi connectivity index (χ1v) is 29.2. The highest BCUT2D eigenvalue weighted by Crippen LogP contribution is 2.26. The van der Waals surface area contributed by atoms with Gasteiger partial charge in [0.1, 0.15) is 18.8 Å². The van der Waals surface area contributed by atoms with Crippen LogP contribution in [0, 0.1) is 0 Å². The quantitative estimate of drug-likeness (QED) is 0.0228. The highest BCUT2D eigenvalue weighted by atomic mass is 16.7. The Labute approximate surface area is 453 Å². The minimum Gasteiger partial charge on any atom is -0.479 e. The van der Waals surface area contributed by atoms with Crippen LogP contribution in [0.15, 0.2) is 97.2 Å². The highest BCUT2D eigenvalue weighted by Gasteiger charge is 2.50. The molecule has 1 aliphatic heterocycles. The monoisotopic (exact) mass is 1050 g/mol. The molecule has 1 aliphatic rings. The van der Waals surface area contributed by atoms with Crippen LogP contribution in [-0.2, 0) is 42.9 Å². The molecular weight excluding hydrogens is 949 g/mol. The summed E-state index contributed by atoms with van der Waals surface area (Å²) >= 11 is 0. The van der Waals surface area contributed by atoms with Crippen molar-refractivity contribution < 1.29 is 58.2 Å². The third-order valence-corrected chi connectivity index (χ3v) is 12.6. The van der Waals surface area contributed by atoms with Gasteiger partial charge in [0.25, 0.3) is 0 Å². The molecule has 0 spiro atoms. The van der Waals surface area contributed by atoms with E-state index in [1.54, 1.807) is 0 Å². The molecule has 0 aliphatic carbocycles. The Kier molecular flexibility index (Phi) is 46.2. The molecule has 1 rings (SSSR count). The van der Waals surface area contributed by atoms with Crippen molar-refractivity contribution >= 4 is 23.9 Å². The fraction of sp³-hybridized carbons (Fsp3) is 0.683. The number of carboxylic acids is 1. The number of ether oxygens (including phenoxy) is 5. The molecule has 0 aromatic heterocycles. The lowest BCUT2D eigenvalue weighted by Gasteiger charge is -2.40. The van der Waals surface area contributed by atoms with Crippen LogP contribution in [0.25, 0.3) is 0 Å². The fourth-order valence-corrected chi connectivity index (χ4v) is 8.21. The second-order valence-corrected chi connectivity index (χ2v) is 19.5. The number of carbonyl (C=O) groups is 4. The molecule has 0 aromatic rings. The molecule has 12 heteroatoms. The Balaban J connectivity index is 2.71. The van der Waals surface area contributed by atoms with Gasteiger partial charge in [0.2, 0.25) is 0 Å². The van der Waals surface area contributed by atoms with Crippen LogP contribution in [0.3, 0.4) is 0 Å². The second kappa shape index (κ2) is 50.5. The minimum atomic E-state index is -1.92. The summed E-state index contributed by atoms with van der Waals surface area (Å²) in [6.07, 6.45) is 54.0. The lowest BCUT2D eigenvalue weighted by atomic mass is 9.98. The summed E-state index contributed by atoms with van der Waals surface area (Å²) in [4.78, 5) is 51.0. The molecule has 0 aromatic carbocycles. The summed E-state index contributed by atoms with van der Waals surface area (Å²) in [6.45, 7) is 5.66. The van der Waals surface area contributed by atoms with Crippen LogP contribution < -0.4 is 0 Å². The van der Waals surface area contributed by atoms with Gasteiger partial charge < -0.3 is 39.0 Å². The Morgan fingerprint density at radius 3 is 1.36 bits per heavy atom. The molecule has 3 N–H and O–H groups in total. The largest absolute Gasteiger partial charge is 0.479 e. The zero-order valence-electron chi connectivity index (χ0n) is 46.8. The predicted molar refractivity (Wildman–Crippen MR) is 303 cm³/mol. The molecule has 0 amide bonds. The Morgan fingerprint density at radius 1 is 0.453 bits per heavy atom. The van der Waals surface area contributed by atoms with Gasteiger partial charge >= 0.3 is 23.9 Å². The van der Waals surface area contributed by atoms with Crippen molar-refractivity contribution in [2.45, 2.75) is 263 Å². The van der Waals surface area contributed by atoms with E-state index in [2.05, 4.69) is 106 Å². The van der Waals surface area contributed by atoms with E-state index in [9.17, 15) is 34.5 Å². The lowest BCUT2D eigenvalue weighted by molar-refractivity contribution is -0.301. The molecule has 1 heterocycles. The maximum absolute atomic E-state index is 13.1. The van der Waals surface area contributed by atoms with E-state index in [1.807, 2.05) is 12.2 Å². The van der Waals surface area contributed by atoms with Crippen molar-refractivity contribution in [3.63, 3.8) is 0 Å². The number of aliphatic hydroxyl groups is 2. The van der Waals surface area contributed by atoms with Gasteiger partial charge in [-0.1, -0.05) is 201 Å². The maximum Gasteiger partial charge on any atom is 0.335 e. The van der Waals surface area contributed by atoms with E-state index in [0.29, 0.717) is 19.3 Å². The van der Waals surface area contributed by atoms with E-state index in [-0.39, 0.29) is 25.9 Å². The number of carboxylic acid groups (broad SMARTS) is 1. The number of allylic oxidation sites excluding steroid dienone is 16. The van der Waals surface area contributed by atoms with Crippen LogP contribution in [-0.4, -0.2) is 89.2 Å². The van der Waals surface area contributed by atoms with E-state index in [4.69, 9.17) is 23.7 Å². The van der Waals surface area contributed by atoms with Gasteiger partial charge in [-0.25, -0.2) is 4.79 Å². The first-order valence-electron chi connectivity index (χ1n) is 29.2. The van der Waals surface area contributed by atoms with Crippen LogP contribution >= 0.6 is 0 Å². The summed E-state index contributed by atoms with van der Waals surface area (Å²) < 4.78 is 28.3. The Hall–Kier alpha value is -4.36. The third-order valence-electron chi connectivity index (χ3n) is 12.6. The minimum absolute atomic E-state index is 0.0443. The van der Waals surface area contributed by atoms with Gasteiger partial charge in [-0.2, -0.15) is 0 Å². The van der Waals surface area contributed by atoms with Gasteiger partial charge in [-0.15, -0.1) is 0 Å². The van der Waals surface area contributed by atoms with E-state index in [0.717, 1.165) is 96.3 Å². The average molecular weight is 1050 g/mol. The predicted octanol–water partition coefficient (Wildman–Crippen LogP) is 14.9. The number of esters is 3. The maximum atomic E-state index is 13.1. The molecule has 0 radical (unpaired) electrons. The average Bonchev–Trinajstić information content (AvgIpc) is 3.39. The molecule has 0 saturated carbocycles. The molecule has 426 valence electrons. The van der Waals surface area contributed by atoms with Crippen molar-refractivity contribution in [2.75, 3.05) is 13.2 Å². The SMILES string of the molecule is CC/C=C\C/C=C\C/C=C\C/C=C\CCC(=O)OCC(COC1OC(C(=O)O)C(O)C(O)C1OC(=O)CCCCCCCCCCC/C=C\CCCCCCCC)OC(=O)CCCCC/C=C\C/C=C\C/C=C\CC. The summed E-state index contributed by atoms with van der Waals surface area (Å²) in [5.41, 5.74) is 0. The van der Waals surface area contributed by atoms with Crippen molar-refractivity contribution in [3.8, 4) is 0 Å². The third kappa shape index (κ3) is 40.6. The van der Waals surface area contributed by atoms with Crippen LogP contribution in [0.1, 0.15) is 226 Å². The number of hydrogen-bond donors (Lipinski definition) is 3. The van der Waals surface area contributed by atoms with Crippen LogP contribution in [0.2, 0.25) is 0 Å².